The zero-order valence-electron chi connectivity index (χ0n) is 15.6. The molecule has 8 heteroatoms. The van der Waals surface area contributed by atoms with Crippen LogP contribution < -0.4 is 0 Å². The molecule has 142 valence electrons. The Morgan fingerprint density at radius 2 is 1.78 bits per heavy atom. The maximum atomic E-state index is 12.6. The standard InChI is InChI=1S/C19H19ClN2O5/c1-18(2,3)22-15-13(16(23)25-4)14(17(24)26-5)19(10-21,27-15)11-8-6-7-9-12(11)20/h6-9H,1-5H3. The molecule has 2 rings (SSSR count). The zero-order valence-corrected chi connectivity index (χ0v) is 16.4. The van der Waals surface area contributed by atoms with E-state index in [4.69, 9.17) is 25.8 Å². The van der Waals surface area contributed by atoms with Gasteiger partial charge in [-0.3, -0.25) is 0 Å². The van der Waals surface area contributed by atoms with Gasteiger partial charge in [0.1, 0.15) is 17.2 Å². The van der Waals surface area contributed by atoms with E-state index >= 15 is 0 Å². The highest BCUT2D eigenvalue weighted by molar-refractivity contribution is 6.32. The average molecular weight is 391 g/mol. The lowest BCUT2D eigenvalue weighted by molar-refractivity contribution is -0.139. The molecule has 0 aliphatic carbocycles. The molecule has 27 heavy (non-hydrogen) atoms. The fourth-order valence-electron chi connectivity index (χ4n) is 2.63. The minimum absolute atomic E-state index is 0.182. The first-order valence-corrected chi connectivity index (χ1v) is 8.36. The summed E-state index contributed by atoms with van der Waals surface area (Å²) in [5, 5.41) is 10.2. The summed E-state index contributed by atoms with van der Waals surface area (Å²) in [6.45, 7) is 5.33. The van der Waals surface area contributed by atoms with Gasteiger partial charge in [0.15, 0.2) is 0 Å². The van der Waals surface area contributed by atoms with E-state index in [1.54, 1.807) is 39.0 Å². The molecule has 1 aliphatic heterocycles. The Morgan fingerprint density at radius 3 is 2.26 bits per heavy atom. The highest BCUT2D eigenvalue weighted by atomic mass is 35.5. The van der Waals surface area contributed by atoms with Crippen LogP contribution in [0.4, 0.5) is 0 Å². The third-order valence-electron chi connectivity index (χ3n) is 3.69. The first-order chi connectivity index (χ1) is 12.6. The molecule has 1 heterocycles. The molecule has 0 fully saturated rings. The van der Waals surface area contributed by atoms with Crippen molar-refractivity contribution in [2.75, 3.05) is 14.2 Å². The van der Waals surface area contributed by atoms with E-state index in [0.717, 1.165) is 14.2 Å². The van der Waals surface area contributed by atoms with Crippen molar-refractivity contribution in [1.29, 1.82) is 5.26 Å². The van der Waals surface area contributed by atoms with E-state index in [1.807, 2.05) is 6.07 Å². The Labute approximate surface area is 162 Å². The zero-order chi connectivity index (χ0) is 20.4. The summed E-state index contributed by atoms with van der Waals surface area (Å²) in [5.41, 5.74) is -3.06. The monoisotopic (exact) mass is 390 g/mol. The Bertz CT molecular complexity index is 892. The maximum absolute atomic E-state index is 12.6. The summed E-state index contributed by atoms with van der Waals surface area (Å²) in [4.78, 5) is 29.4. The van der Waals surface area contributed by atoms with Gasteiger partial charge in [-0.2, -0.15) is 5.26 Å². The third-order valence-corrected chi connectivity index (χ3v) is 4.02. The van der Waals surface area contributed by atoms with Crippen LogP contribution in [-0.4, -0.2) is 37.6 Å². The second-order valence-electron chi connectivity index (χ2n) is 6.70. The van der Waals surface area contributed by atoms with E-state index in [0.29, 0.717) is 0 Å². The van der Waals surface area contributed by atoms with Gasteiger partial charge in [0, 0.05) is 10.6 Å². The molecule has 0 saturated heterocycles. The third kappa shape index (κ3) is 3.67. The molecule has 1 aromatic rings. The van der Waals surface area contributed by atoms with Gasteiger partial charge < -0.3 is 14.2 Å². The van der Waals surface area contributed by atoms with Crippen LogP contribution in [0.2, 0.25) is 5.02 Å². The van der Waals surface area contributed by atoms with Crippen molar-refractivity contribution in [3.8, 4) is 6.07 Å². The van der Waals surface area contributed by atoms with E-state index in [2.05, 4.69) is 4.99 Å². The van der Waals surface area contributed by atoms with Crippen LogP contribution in [0, 0.1) is 11.3 Å². The van der Waals surface area contributed by atoms with Crippen LogP contribution in [-0.2, 0) is 29.4 Å². The molecular formula is C19H19ClN2O5. The van der Waals surface area contributed by atoms with Gasteiger partial charge in [-0.1, -0.05) is 29.8 Å². The number of methoxy groups -OCH3 is 2. The van der Waals surface area contributed by atoms with Gasteiger partial charge in [-0.05, 0) is 26.8 Å². The van der Waals surface area contributed by atoms with Crippen molar-refractivity contribution in [2.45, 2.75) is 31.9 Å². The number of hydrogen-bond donors (Lipinski definition) is 0. The second kappa shape index (κ2) is 7.41. The smallest absolute Gasteiger partial charge is 0.344 e. The lowest BCUT2D eigenvalue weighted by Crippen LogP contribution is -2.32. The molecule has 1 aromatic carbocycles. The minimum Gasteiger partial charge on any atom is -0.465 e. The summed E-state index contributed by atoms with van der Waals surface area (Å²) in [6, 6.07) is 8.35. The highest BCUT2D eigenvalue weighted by Gasteiger charge is 2.55. The molecule has 0 amide bonds. The first-order valence-electron chi connectivity index (χ1n) is 7.98. The van der Waals surface area contributed by atoms with Gasteiger partial charge in [0.25, 0.3) is 5.60 Å². The van der Waals surface area contributed by atoms with Crippen molar-refractivity contribution in [2.24, 2.45) is 4.99 Å². The van der Waals surface area contributed by atoms with Crippen molar-refractivity contribution < 1.29 is 23.8 Å². The molecule has 0 N–H and O–H groups in total. The number of benzene rings is 1. The van der Waals surface area contributed by atoms with Crippen molar-refractivity contribution in [3.05, 3.63) is 46.0 Å². The summed E-state index contributed by atoms with van der Waals surface area (Å²) in [5.74, 6) is -1.98. The topological polar surface area (TPSA) is 98.0 Å². The summed E-state index contributed by atoms with van der Waals surface area (Å²) in [7, 11) is 2.29. The molecule has 7 nitrogen and oxygen atoms in total. The van der Waals surface area contributed by atoms with Crippen molar-refractivity contribution >= 4 is 29.4 Å². The number of carbonyl (C=O) groups is 2. The van der Waals surface area contributed by atoms with Gasteiger partial charge in [-0.15, -0.1) is 0 Å². The van der Waals surface area contributed by atoms with E-state index in [1.165, 1.54) is 6.07 Å². The van der Waals surface area contributed by atoms with Crippen molar-refractivity contribution in [1.82, 2.24) is 0 Å². The summed E-state index contributed by atoms with van der Waals surface area (Å²) >= 11 is 6.27. The molecule has 1 aliphatic rings. The fraction of sp³-hybridized carbons (Fsp3) is 0.368. The molecule has 0 spiro atoms. The number of esters is 2. The number of nitriles is 1. The largest absolute Gasteiger partial charge is 0.465 e. The first kappa shape index (κ1) is 20.5. The van der Waals surface area contributed by atoms with Crippen LogP contribution in [0.1, 0.15) is 26.3 Å². The van der Waals surface area contributed by atoms with E-state index < -0.39 is 23.1 Å². The van der Waals surface area contributed by atoms with Gasteiger partial charge in [0.2, 0.25) is 5.90 Å². The second-order valence-corrected chi connectivity index (χ2v) is 7.10. The Hall–Kier alpha value is -2.85. The number of hydrogen-bond acceptors (Lipinski definition) is 7. The van der Waals surface area contributed by atoms with Gasteiger partial charge in [-0.25, -0.2) is 14.6 Å². The van der Waals surface area contributed by atoms with E-state index in [-0.39, 0.29) is 27.6 Å². The number of carbonyl (C=O) groups excluding carboxylic acids is 2. The molecule has 1 atom stereocenters. The molecule has 0 saturated carbocycles. The van der Waals surface area contributed by atoms with Crippen LogP contribution in [0.3, 0.4) is 0 Å². The van der Waals surface area contributed by atoms with Crippen molar-refractivity contribution in [3.63, 3.8) is 0 Å². The predicted octanol–water partition coefficient (Wildman–Crippen LogP) is 2.93. The van der Waals surface area contributed by atoms with Gasteiger partial charge in [0.05, 0.1) is 19.8 Å². The minimum atomic E-state index is -2.00. The van der Waals surface area contributed by atoms with E-state index in [9.17, 15) is 14.9 Å². The maximum Gasteiger partial charge on any atom is 0.344 e. The molecular weight excluding hydrogens is 372 g/mol. The molecule has 0 bridgehead atoms. The summed E-state index contributed by atoms with van der Waals surface area (Å²) < 4.78 is 15.5. The Balaban J connectivity index is 2.94. The molecule has 1 unspecified atom stereocenters. The van der Waals surface area contributed by atoms with Gasteiger partial charge >= 0.3 is 11.9 Å². The lowest BCUT2D eigenvalue weighted by atomic mass is 9.86. The highest BCUT2D eigenvalue weighted by Crippen LogP contribution is 2.45. The fourth-order valence-corrected chi connectivity index (χ4v) is 2.90. The SMILES string of the molecule is COC(=O)C1=C(C(=O)OC)C(C#N)(c2ccccc2Cl)OC1=NC(C)(C)C. The normalized spacial score (nSPS) is 20.9. The number of rotatable bonds is 3. The molecule has 0 radical (unpaired) electrons. The van der Waals surface area contributed by atoms with Crippen LogP contribution in [0.5, 0.6) is 0 Å². The van der Waals surface area contributed by atoms with Crippen LogP contribution >= 0.6 is 11.6 Å². The Morgan fingerprint density at radius 1 is 1.19 bits per heavy atom. The Kier molecular flexibility index (Phi) is 5.62. The van der Waals surface area contributed by atoms with Crippen LogP contribution in [0.15, 0.2) is 40.4 Å². The van der Waals surface area contributed by atoms with Crippen LogP contribution in [0.25, 0.3) is 0 Å². The number of halogens is 1. The average Bonchev–Trinajstić information content (AvgIpc) is 2.93. The predicted molar refractivity (Wildman–Crippen MR) is 98.1 cm³/mol. The number of ether oxygens (including phenoxy) is 3. The summed E-state index contributed by atoms with van der Waals surface area (Å²) in [6.07, 6.45) is 0. The number of aliphatic imine (C=N–C) groups is 1. The lowest BCUT2D eigenvalue weighted by Gasteiger charge is -2.25. The number of nitrogens with zero attached hydrogens (tertiary/aromatic N) is 2. The molecule has 0 aromatic heterocycles. The quantitative estimate of drug-likeness (QED) is 0.736.